The van der Waals surface area contributed by atoms with Crippen LogP contribution in [-0.4, -0.2) is 47.2 Å². The molecule has 24 heavy (non-hydrogen) atoms. The highest BCUT2D eigenvalue weighted by Crippen LogP contribution is 2.32. The standard InChI is InChI=1S/C16H20N4O3S/c21-24(22,15-11-18-20-7-1-9-23-16(15)20)19-8-4-14(12-19)10-13-2-5-17-6-3-13/h2-3,5-6,11,14H,1,4,7-10,12H2. The van der Waals surface area contributed by atoms with Crippen molar-refractivity contribution in [2.45, 2.75) is 30.7 Å². The number of aryl methyl sites for hydroxylation is 1. The SMILES string of the molecule is O=S(=O)(c1cnn2c1OCCC2)N1CCC(Cc2ccncc2)C1. The second-order valence-corrected chi connectivity index (χ2v) is 8.22. The Morgan fingerprint density at radius 1 is 1.25 bits per heavy atom. The molecule has 1 fully saturated rings. The monoisotopic (exact) mass is 348 g/mol. The fourth-order valence-electron chi connectivity index (χ4n) is 3.40. The molecule has 2 aliphatic heterocycles. The molecular formula is C16H20N4O3S. The summed E-state index contributed by atoms with van der Waals surface area (Å²) in [6.07, 6.45) is 7.56. The first-order chi connectivity index (χ1) is 11.6. The summed E-state index contributed by atoms with van der Waals surface area (Å²) < 4.78 is 34.7. The van der Waals surface area contributed by atoms with Gasteiger partial charge in [-0.15, -0.1) is 0 Å². The molecule has 2 aliphatic rings. The molecule has 0 N–H and O–H groups in total. The highest BCUT2D eigenvalue weighted by molar-refractivity contribution is 7.89. The number of hydrogen-bond donors (Lipinski definition) is 0. The quantitative estimate of drug-likeness (QED) is 0.833. The second-order valence-electron chi connectivity index (χ2n) is 6.32. The number of rotatable bonds is 4. The molecule has 0 amide bonds. The van der Waals surface area contributed by atoms with E-state index in [4.69, 9.17) is 4.74 Å². The van der Waals surface area contributed by atoms with E-state index < -0.39 is 10.0 Å². The molecule has 0 saturated carbocycles. The van der Waals surface area contributed by atoms with Crippen molar-refractivity contribution >= 4 is 10.0 Å². The normalized spacial score (nSPS) is 21.4. The maximum atomic E-state index is 12.9. The summed E-state index contributed by atoms with van der Waals surface area (Å²) in [5.41, 5.74) is 1.19. The van der Waals surface area contributed by atoms with Crippen LogP contribution in [0, 0.1) is 5.92 Å². The summed E-state index contributed by atoms with van der Waals surface area (Å²) in [5, 5.41) is 4.16. The Kier molecular flexibility index (Phi) is 4.01. The smallest absolute Gasteiger partial charge is 0.250 e. The Balaban J connectivity index is 1.51. The van der Waals surface area contributed by atoms with E-state index in [0.717, 1.165) is 19.3 Å². The molecule has 0 aromatic carbocycles. The van der Waals surface area contributed by atoms with Crippen molar-refractivity contribution in [1.29, 1.82) is 0 Å². The first kappa shape index (κ1) is 15.6. The van der Waals surface area contributed by atoms with Crippen LogP contribution in [0.3, 0.4) is 0 Å². The fraction of sp³-hybridized carbons (Fsp3) is 0.500. The minimum atomic E-state index is -3.55. The lowest BCUT2D eigenvalue weighted by Crippen LogP contribution is -2.29. The Bertz CT molecular complexity index is 819. The molecule has 4 heterocycles. The van der Waals surface area contributed by atoms with E-state index in [1.807, 2.05) is 12.1 Å². The molecule has 1 atom stereocenters. The molecular weight excluding hydrogens is 328 g/mol. The summed E-state index contributed by atoms with van der Waals surface area (Å²) >= 11 is 0. The van der Waals surface area contributed by atoms with E-state index in [2.05, 4.69) is 10.1 Å². The van der Waals surface area contributed by atoms with Crippen molar-refractivity contribution in [1.82, 2.24) is 19.1 Å². The van der Waals surface area contributed by atoms with Crippen LogP contribution in [0.15, 0.2) is 35.6 Å². The molecule has 0 aliphatic carbocycles. The Morgan fingerprint density at radius 3 is 2.92 bits per heavy atom. The molecule has 1 unspecified atom stereocenters. The lowest BCUT2D eigenvalue weighted by atomic mass is 10.00. The van der Waals surface area contributed by atoms with E-state index in [9.17, 15) is 8.42 Å². The number of hydrogen-bond acceptors (Lipinski definition) is 5. The highest BCUT2D eigenvalue weighted by Gasteiger charge is 2.36. The summed E-state index contributed by atoms with van der Waals surface area (Å²) in [5.74, 6) is 0.716. The minimum Gasteiger partial charge on any atom is -0.477 e. The van der Waals surface area contributed by atoms with Gasteiger partial charge in [-0.05, 0) is 36.5 Å². The molecule has 0 spiro atoms. The highest BCUT2D eigenvalue weighted by atomic mass is 32.2. The van der Waals surface area contributed by atoms with E-state index in [-0.39, 0.29) is 4.90 Å². The molecule has 0 bridgehead atoms. The van der Waals surface area contributed by atoms with Gasteiger partial charge >= 0.3 is 0 Å². The average Bonchev–Trinajstić information content (AvgIpc) is 3.23. The lowest BCUT2D eigenvalue weighted by molar-refractivity contribution is 0.224. The van der Waals surface area contributed by atoms with E-state index in [1.165, 1.54) is 11.8 Å². The van der Waals surface area contributed by atoms with Gasteiger partial charge in [0.25, 0.3) is 0 Å². The van der Waals surface area contributed by atoms with Gasteiger partial charge in [0.1, 0.15) is 0 Å². The maximum absolute atomic E-state index is 12.9. The average molecular weight is 348 g/mol. The zero-order valence-corrected chi connectivity index (χ0v) is 14.2. The second kappa shape index (κ2) is 6.18. The number of nitrogens with zero attached hydrogens (tertiary/aromatic N) is 4. The lowest BCUT2D eigenvalue weighted by Gasteiger charge is -2.19. The van der Waals surface area contributed by atoms with Gasteiger partial charge in [0.2, 0.25) is 15.9 Å². The van der Waals surface area contributed by atoms with Gasteiger partial charge < -0.3 is 4.74 Å². The zero-order chi connectivity index (χ0) is 16.6. The van der Waals surface area contributed by atoms with Crippen molar-refractivity contribution in [3.8, 4) is 5.88 Å². The molecule has 4 rings (SSSR count). The zero-order valence-electron chi connectivity index (χ0n) is 13.3. The maximum Gasteiger partial charge on any atom is 0.250 e. The van der Waals surface area contributed by atoms with Gasteiger partial charge in [-0.25, -0.2) is 13.1 Å². The Hall–Kier alpha value is -1.93. The van der Waals surface area contributed by atoms with Crippen molar-refractivity contribution in [2.75, 3.05) is 19.7 Å². The van der Waals surface area contributed by atoms with Crippen molar-refractivity contribution < 1.29 is 13.2 Å². The predicted molar refractivity (Wildman–Crippen MR) is 87.1 cm³/mol. The number of fused-ring (bicyclic) bond motifs is 1. The molecule has 8 heteroatoms. The summed E-state index contributed by atoms with van der Waals surface area (Å²) in [6.45, 7) is 2.33. The minimum absolute atomic E-state index is 0.201. The summed E-state index contributed by atoms with van der Waals surface area (Å²) in [4.78, 5) is 4.22. The summed E-state index contributed by atoms with van der Waals surface area (Å²) in [7, 11) is -3.55. The first-order valence-electron chi connectivity index (χ1n) is 8.22. The summed E-state index contributed by atoms with van der Waals surface area (Å²) in [6, 6.07) is 3.97. The topological polar surface area (TPSA) is 77.3 Å². The van der Waals surface area contributed by atoms with Crippen LogP contribution < -0.4 is 4.74 Å². The number of aromatic nitrogens is 3. The van der Waals surface area contributed by atoms with Crippen LogP contribution in [0.1, 0.15) is 18.4 Å². The van der Waals surface area contributed by atoms with Crippen LogP contribution in [0.4, 0.5) is 0 Å². The van der Waals surface area contributed by atoms with Crippen molar-refractivity contribution in [2.24, 2.45) is 5.92 Å². The van der Waals surface area contributed by atoms with E-state index >= 15 is 0 Å². The third kappa shape index (κ3) is 2.80. The van der Waals surface area contributed by atoms with Crippen molar-refractivity contribution in [3.63, 3.8) is 0 Å². The van der Waals surface area contributed by atoms with Crippen molar-refractivity contribution in [3.05, 3.63) is 36.3 Å². The third-order valence-corrected chi connectivity index (χ3v) is 6.50. The van der Waals surface area contributed by atoms with Gasteiger partial charge in [0.05, 0.1) is 12.8 Å². The van der Waals surface area contributed by atoms with E-state index in [0.29, 0.717) is 38.0 Å². The fourth-order valence-corrected chi connectivity index (χ4v) is 4.99. The van der Waals surface area contributed by atoms with Gasteiger partial charge in [-0.2, -0.15) is 9.40 Å². The first-order valence-corrected chi connectivity index (χ1v) is 9.66. The van der Waals surface area contributed by atoms with Crippen LogP contribution in [0.5, 0.6) is 5.88 Å². The van der Waals surface area contributed by atoms with Crippen LogP contribution in [-0.2, 0) is 23.0 Å². The number of pyridine rings is 1. The van der Waals surface area contributed by atoms with E-state index in [1.54, 1.807) is 21.4 Å². The molecule has 0 radical (unpaired) electrons. The van der Waals surface area contributed by atoms with Crippen LogP contribution in [0.2, 0.25) is 0 Å². The van der Waals surface area contributed by atoms with Gasteiger partial charge in [-0.1, -0.05) is 0 Å². The molecule has 7 nitrogen and oxygen atoms in total. The Labute approximate surface area is 141 Å². The Morgan fingerprint density at radius 2 is 2.08 bits per heavy atom. The third-order valence-electron chi connectivity index (χ3n) is 4.65. The number of ether oxygens (including phenoxy) is 1. The molecule has 2 aromatic rings. The molecule has 2 aromatic heterocycles. The van der Waals surface area contributed by atoms with Crippen LogP contribution >= 0.6 is 0 Å². The number of sulfonamides is 1. The molecule has 1 saturated heterocycles. The molecule has 128 valence electrons. The van der Waals surface area contributed by atoms with Gasteiger partial charge in [0, 0.05) is 38.4 Å². The largest absolute Gasteiger partial charge is 0.477 e. The predicted octanol–water partition coefficient (Wildman–Crippen LogP) is 1.31. The van der Waals surface area contributed by atoms with Gasteiger partial charge in [-0.3, -0.25) is 4.98 Å². The van der Waals surface area contributed by atoms with Crippen LogP contribution in [0.25, 0.3) is 0 Å². The van der Waals surface area contributed by atoms with Gasteiger partial charge in [0.15, 0.2) is 4.90 Å².